The Balaban J connectivity index is 3.12. The summed E-state index contributed by atoms with van der Waals surface area (Å²) in [6.07, 6.45) is 0.445. The maximum Gasteiger partial charge on any atom is 0.137 e. The molecule has 1 aromatic rings. The molecular formula is C11H13BrFNO. The predicted molar refractivity (Wildman–Crippen MR) is 62.1 cm³/mol. The minimum absolute atomic E-state index is 0.132. The Labute approximate surface area is 96.7 Å². The second-order valence-corrected chi connectivity index (χ2v) is 4.41. The summed E-state index contributed by atoms with van der Waals surface area (Å²) in [5.41, 5.74) is 6.77. The van der Waals surface area contributed by atoms with Crippen LogP contribution in [0.5, 0.6) is 5.75 Å². The number of aromatic hydroxyl groups is 1. The summed E-state index contributed by atoms with van der Waals surface area (Å²) in [5.74, 6) is -0.631. The van der Waals surface area contributed by atoms with Crippen molar-refractivity contribution in [2.24, 2.45) is 5.73 Å². The molecule has 82 valence electrons. The zero-order chi connectivity index (χ0) is 11.6. The Hall–Kier alpha value is -0.870. The van der Waals surface area contributed by atoms with Crippen LogP contribution in [-0.4, -0.2) is 5.11 Å². The molecule has 1 atom stereocenters. The SMILES string of the molecule is C=C(C)C[C@H](N)c1c(F)ccc(Br)c1O. The van der Waals surface area contributed by atoms with Crippen molar-refractivity contribution in [2.45, 2.75) is 19.4 Å². The molecule has 0 unspecified atom stereocenters. The number of hydrogen-bond acceptors (Lipinski definition) is 2. The highest BCUT2D eigenvalue weighted by atomic mass is 79.9. The molecule has 3 N–H and O–H groups in total. The van der Waals surface area contributed by atoms with Gasteiger partial charge in [-0.2, -0.15) is 0 Å². The van der Waals surface area contributed by atoms with Crippen LogP contribution in [0, 0.1) is 5.82 Å². The average molecular weight is 274 g/mol. The monoisotopic (exact) mass is 273 g/mol. The largest absolute Gasteiger partial charge is 0.506 e. The number of phenolic OH excluding ortho intramolecular Hbond substituents is 1. The molecule has 0 aromatic heterocycles. The molecule has 0 heterocycles. The third-order valence-corrected chi connectivity index (χ3v) is 2.69. The summed E-state index contributed by atoms with van der Waals surface area (Å²) in [4.78, 5) is 0. The van der Waals surface area contributed by atoms with Crippen molar-refractivity contribution in [1.82, 2.24) is 0 Å². The Morgan fingerprint density at radius 2 is 2.27 bits per heavy atom. The Morgan fingerprint density at radius 3 is 2.80 bits per heavy atom. The van der Waals surface area contributed by atoms with Crippen molar-refractivity contribution in [1.29, 1.82) is 0 Å². The van der Waals surface area contributed by atoms with Crippen molar-refractivity contribution in [3.8, 4) is 5.75 Å². The van der Waals surface area contributed by atoms with E-state index in [2.05, 4.69) is 22.5 Å². The van der Waals surface area contributed by atoms with Crippen LogP contribution in [0.1, 0.15) is 24.9 Å². The predicted octanol–water partition coefficient (Wildman–Crippen LogP) is 3.26. The number of phenols is 1. The van der Waals surface area contributed by atoms with E-state index in [0.717, 1.165) is 5.57 Å². The van der Waals surface area contributed by atoms with Crippen LogP contribution in [0.2, 0.25) is 0 Å². The third kappa shape index (κ3) is 2.79. The van der Waals surface area contributed by atoms with Gasteiger partial charge in [-0.15, -0.1) is 6.58 Å². The Kier molecular flexibility index (Phi) is 3.88. The van der Waals surface area contributed by atoms with Gasteiger partial charge in [0.15, 0.2) is 0 Å². The van der Waals surface area contributed by atoms with E-state index < -0.39 is 11.9 Å². The van der Waals surface area contributed by atoms with Crippen LogP contribution in [-0.2, 0) is 0 Å². The lowest BCUT2D eigenvalue weighted by atomic mass is 10.00. The van der Waals surface area contributed by atoms with E-state index in [-0.39, 0.29) is 11.3 Å². The molecule has 0 aliphatic heterocycles. The summed E-state index contributed by atoms with van der Waals surface area (Å²) < 4.78 is 13.9. The highest BCUT2D eigenvalue weighted by Crippen LogP contribution is 2.34. The molecule has 2 nitrogen and oxygen atoms in total. The lowest BCUT2D eigenvalue weighted by Crippen LogP contribution is -2.12. The molecule has 0 aliphatic rings. The Morgan fingerprint density at radius 1 is 1.67 bits per heavy atom. The molecule has 15 heavy (non-hydrogen) atoms. The molecule has 0 bridgehead atoms. The lowest BCUT2D eigenvalue weighted by molar-refractivity contribution is 0.445. The summed E-state index contributed by atoms with van der Waals surface area (Å²) in [5, 5.41) is 9.67. The van der Waals surface area contributed by atoms with Gasteiger partial charge in [-0.25, -0.2) is 4.39 Å². The molecule has 0 aliphatic carbocycles. The van der Waals surface area contributed by atoms with Gasteiger partial charge in [0.1, 0.15) is 11.6 Å². The van der Waals surface area contributed by atoms with Gasteiger partial charge in [0.2, 0.25) is 0 Å². The van der Waals surface area contributed by atoms with Gasteiger partial charge >= 0.3 is 0 Å². The van der Waals surface area contributed by atoms with Crippen LogP contribution < -0.4 is 5.73 Å². The first-order valence-electron chi connectivity index (χ1n) is 4.50. The van der Waals surface area contributed by atoms with Gasteiger partial charge in [-0.05, 0) is 41.4 Å². The molecule has 0 spiro atoms. The third-order valence-electron chi connectivity index (χ3n) is 2.05. The van der Waals surface area contributed by atoms with Gasteiger partial charge in [-0.1, -0.05) is 5.57 Å². The Bertz CT molecular complexity index is 392. The molecule has 0 amide bonds. The molecule has 0 radical (unpaired) electrons. The van der Waals surface area contributed by atoms with Crippen molar-refractivity contribution in [3.63, 3.8) is 0 Å². The summed E-state index contributed by atoms with van der Waals surface area (Å²) >= 11 is 3.12. The fourth-order valence-corrected chi connectivity index (χ4v) is 1.73. The highest BCUT2D eigenvalue weighted by Gasteiger charge is 2.18. The van der Waals surface area contributed by atoms with E-state index in [1.807, 2.05) is 6.92 Å². The number of rotatable bonds is 3. The number of benzene rings is 1. The first kappa shape index (κ1) is 12.2. The number of hydrogen-bond donors (Lipinski definition) is 2. The van der Waals surface area contributed by atoms with E-state index in [1.54, 1.807) is 0 Å². The van der Waals surface area contributed by atoms with E-state index in [4.69, 9.17) is 5.73 Å². The highest BCUT2D eigenvalue weighted by molar-refractivity contribution is 9.10. The second-order valence-electron chi connectivity index (χ2n) is 3.56. The fraction of sp³-hybridized carbons (Fsp3) is 0.273. The van der Waals surface area contributed by atoms with Gasteiger partial charge in [0.25, 0.3) is 0 Å². The second kappa shape index (κ2) is 4.77. The molecule has 1 aromatic carbocycles. The normalized spacial score (nSPS) is 12.5. The van der Waals surface area contributed by atoms with Gasteiger partial charge < -0.3 is 10.8 Å². The summed E-state index contributed by atoms with van der Waals surface area (Å²) in [7, 11) is 0. The molecular weight excluding hydrogens is 261 g/mol. The van der Waals surface area contributed by atoms with E-state index in [1.165, 1.54) is 12.1 Å². The van der Waals surface area contributed by atoms with Crippen LogP contribution in [0.4, 0.5) is 4.39 Å². The molecule has 0 saturated heterocycles. The minimum Gasteiger partial charge on any atom is -0.506 e. The quantitative estimate of drug-likeness (QED) is 0.831. The van der Waals surface area contributed by atoms with E-state index in [0.29, 0.717) is 10.9 Å². The first-order chi connectivity index (χ1) is 6.93. The van der Waals surface area contributed by atoms with Crippen molar-refractivity contribution < 1.29 is 9.50 Å². The number of halogens is 2. The molecule has 4 heteroatoms. The zero-order valence-electron chi connectivity index (χ0n) is 8.43. The maximum absolute atomic E-state index is 13.4. The van der Waals surface area contributed by atoms with Gasteiger partial charge in [0, 0.05) is 11.6 Å². The standard InChI is InChI=1S/C11H13BrFNO/c1-6(2)5-9(14)10-8(13)4-3-7(12)11(10)15/h3-4,9,15H,1,5,14H2,2H3/t9-/m0/s1. The number of nitrogens with two attached hydrogens (primary N) is 1. The zero-order valence-corrected chi connectivity index (χ0v) is 10.0. The van der Waals surface area contributed by atoms with Gasteiger partial charge in [-0.3, -0.25) is 0 Å². The van der Waals surface area contributed by atoms with Crippen LogP contribution in [0.25, 0.3) is 0 Å². The molecule has 0 fully saturated rings. The smallest absolute Gasteiger partial charge is 0.137 e. The van der Waals surface area contributed by atoms with Crippen molar-refractivity contribution in [3.05, 3.63) is 40.1 Å². The fourth-order valence-electron chi connectivity index (χ4n) is 1.39. The van der Waals surface area contributed by atoms with Crippen LogP contribution >= 0.6 is 15.9 Å². The topological polar surface area (TPSA) is 46.2 Å². The maximum atomic E-state index is 13.4. The summed E-state index contributed by atoms with van der Waals surface area (Å²) in [6.45, 7) is 5.52. The lowest BCUT2D eigenvalue weighted by Gasteiger charge is -2.15. The minimum atomic E-state index is -0.569. The van der Waals surface area contributed by atoms with E-state index >= 15 is 0 Å². The molecule has 1 rings (SSSR count). The first-order valence-corrected chi connectivity index (χ1v) is 5.29. The van der Waals surface area contributed by atoms with E-state index in [9.17, 15) is 9.50 Å². The van der Waals surface area contributed by atoms with Crippen molar-refractivity contribution >= 4 is 15.9 Å². The summed E-state index contributed by atoms with van der Waals surface area (Å²) in [6, 6.07) is 2.15. The van der Waals surface area contributed by atoms with Crippen LogP contribution in [0.3, 0.4) is 0 Å². The average Bonchev–Trinajstić information content (AvgIpc) is 2.11. The molecule has 0 saturated carbocycles. The van der Waals surface area contributed by atoms with Crippen molar-refractivity contribution in [2.75, 3.05) is 0 Å². The van der Waals surface area contributed by atoms with Gasteiger partial charge in [0.05, 0.1) is 4.47 Å². The van der Waals surface area contributed by atoms with Crippen LogP contribution in [0.15, 0.2) is 28.8 Å².